The molecule has 1 nitrogen and oxygen atoms in total. The smallest absolute Gasteiger partial charge is 0.0462 e. The summed E-state index contributed by atoms with van der Waals surface area (Å²) in [5.74, 6) is 0.511. The molecule has 1 heteroatoms. The van der Waals surface area contributed by atoms with Crippen LogP contribution in [0.1, 0.15) is 80.8 Å². The number of fused-ring (bicyclic) bond motifs is 6. The zero-order valence-electron chi connectivity index (χ0n) is 21.9. The van der Waals surface area contributed by atoms with Crippen LogP contribution in [0.25, 0.3) is 43.2 Å². The van der Waals surface area contributed by atoms with Gasteiger partial charge < -0.3 is 4.98 Å². The predicted octanol–water partition coefficient (Wildman–Crippen LogP) is 10.9. The first-order chi connectivity index (χ1) is 15.7. The summed E-state index contributed by atoms with van der Waals surface area (Å²) in [6.07, 6.45) is 0. The molecule has 0 spiro atoms. The number of hydrogen-bond acceptors (Lipinski definition) is 0. The molecule has 0 radical (unpaired) electrons. The van der Waals surface area contributed by atoms with E-state index in [0.717, 1.165) is 0 Å². The minimum atomic E-state index is 0.511. The molecule has 0 amide bonds. The first-order valence-corrected chi connectivity index (χ1v) is 12.6. The lowest BCUT2D eigenvalue weighted by atomic mass is 9.96. The number of aromatic nitrogens is 1. The monoisotopic (exact) mass is 429 g/mol. The highest BCUT2D eigenvalue weighted by atomic mass is 14.7. The fourth-order valence-corrected chi connectivity index (χ4v) is 3.78. The zero-order valence-corrected chi connectivity index (χ0v) is 21.9. The minimum Gasteiger partial charge on any atom is -0.358 e. The minimum absolute atomic E-state index is 0.511. The third-order valence-corrected chi connectivity index (χ3v) is 5.13. The van der Waals surface area contributed by atoms with Crippen molar-refractivity contribution in [3.8, 4) is 0 Å². The normalized spacial score (nSPS) is 9.84. The van der Waals surface area contributed by atoms with E-state index >= 15 is 0 Å². The van der Waals surface area contributed by atoms with Gasteiger partial charge in [-0.1, -0.05) is 112 Å². The molecule has 0 saturated carbocycles. The predicted molar refractivity (Wildman–Crippen MR) is 150 cm³/mol. The molecule has 0 aliphatic carbocycles. The largest absolute Gasteiger partial charge is 0.358 e. The average Bonchev–Trinajstić information content (AvgIpc) is 3.33. The number of hydrogen-bond donors (Lipinski definition) is 1. The van der Waals surface area contributed by atoms with E-state index in [9.17, 15) is 0 Å². The van der Waals surface area contributed by atoms with Crippen LogP contribution >= 0.6 is 0 Å². The number of benzene rings is 4. The van der Waals surface area contributed by atoms with E-state index in [1.807, 2.05) is 55.4 Å². The van der Waals surface area contributed by atoms with Crippen LogP contribution in [-0.4, -0.2) is 4.98 Å². The Balaban J connectivity index is 0.000000581. The van der Waals surface area contributed by atoms with Gasteiger partial charge in [0, 0.05) is 16.6 Å². The maximum atomic E-state index is 3.56. The number of aromatic amines is 1. The lowest BCUT2D eigenvalue weighted by Crippen LogP contribution is -1.84. The fraction of sp³-hybridized carbons (Fsp3) is 0.355. The van der Waals surface area contributed by atoms with Crippen molar-refractivity contribution in [2.24, 2.45) is 0 Å². The molecule has 0 bridgehead atoms. The zero-order chi connectivity index (χ0) is 24.3. The van der Waals surface area contributed by atoms with Crippen LogP contribution < -0.4 is 0 Å². The SMILES string of the molecule is CC.CC.CC.CC.CC(C)c1cc2c(ccc3c4cc5ccccc5cc4ccc23)[nH]1. The molecule has 172 valence electrons. The Morgan fingerprint density at radius 3 is 1.62 bits per heavy atom. The van der Waals surface area contributed by atoms with Crippen LogP contribution in [0.4, 0.5) is 0 Å². The molecule has 5 aromatic rings. The summed E-state index contributed by atoms with van der Waals surface area (Å²) >= 11 is 0. The van der Waals surface area contributed by atoms with Crippen LogP contribution in [0.15, 0.2) is 66.7 Å². The lowest BCUT2D eigenvalue weighted by molar-refractivity contribution is 0.836. The van der Waals surface area contributed by atoms with E-state index < -0.39 is 0 Å². The molecule has 0 aliphatic heterocycles. The number of H-pyrrole nitrogens is 1. The summed E-state index contributed by atoms with van der Waals surface area (Å²) in [4.78, 5) is 3.56. The highest BCUT2D eigenvalue weighted by Gasteiger charge is 2.09. The molecule has 5 rings (SSSR count). The summed E-state index contributed by atoms with van der Waals surface area (Å²) in [6.45, 7) is 20.5. The van der Waals surface area contributed by atoms with Crippen molar-refractivity contribution in [3.63, 3.8) is 0 Å². The standard InChI is InChI=1S/C23H19N.4C2H6/c1-14(2)23-13-21-19-8-7-17-11-15-5-3-4-6-16(15)12-20(17)18(19)9-10-22(21)24-23;4*1-2/h3-14,24H,1-2H3;4*1-2H3. The van der Waals surface area contributed by atoms with Crippen LogP contribution in [0.2, 0.25) is 0 Å². The average molecular weight is 430 g/mol. The van der Waals surface area contributed by atoms with Gasteiger partial charge in [-0.15, -0.1) is 0 Å². The van der Waals surface area contributed by atoms with Crippen molar-refractivity contribution in [2.45, 2.75) is 75.2 Å². The van der Waals surface area contributed by atoms with Gasteiger partial charge in [-0.3, -0.25) is 0 Å². The molecule has 0 atom stereocenters. The van der Waals surface area contributed by atoms with Crippen molar-refractivity contribution in [3.05, 3.63) is 72.4 Å². The summed E-state index contributed by atoms with van der Waals surface area (Å²) in [5, 5.41) is 9.23. The van der Waals surface area contributed by atoms with Crippen molar-refractivity contribution < 1.29 is 0 Å². The van der Waals surface area contributed by atoms with Crippen LogP contribution in [-0.2, 0) is 0 Å². The van der Waals surface area contributed by atoms with Gasteiger partial charge in [0.05, 0.1) is 0 Å². The molecule has 0 saturated heterocycles. The third kappa shape index (κ3) is 5.51. The Labute approximate surface area is 195 Å². The summed E-state index contributed by atoms with van der Waals surface area (Å²) in [7, 11) is 0. The topological polar surface area (TPSA) is 15.8 Å². The molecule has 1 aromatic heterocycles. The van der Waals surface area contributed by atoms with Gasteiger partial charge in [-0.25, -0.2) is 0 Å². The molecular formula is C31H43N. The van der Waals surface area contributed by atoms with Gasteiger partial charge in [0.1, 0.15) is 0 Å². The number of nitrogens with one attached hydrogen (secondary N) is 1. The molecule has 32 heavy (non-hydrogen) atoms. The summed E-state index contributed by atoms with van der Waals surface area (Å²) in [6, 6.07) is 24.5. The first-order valence-electron chi connectivity index (χ1n) is 12.6. The summed E-state index contributed by atoms with van der Waals surface area (Å²) < 4.78 is 0. The van der Waals surface area contributed by atoms with E-state index in [0.29, 0.717) is 5.92 Å². The van der Waals surface area contributed by atoms with E-state index in [1.54, 1.807) is 0 Å². The lowest BCUT2D eigenvalue weighted by Gasteiger charge is -2.07. The van der Waals surface area contributed by atoms with E-state index in [4.69, 9.17) is 0 Å². The Hall–Kier alpha value is -2.80. The highest BCUT2D eigenvalue weighted by molar-refractivity contribution is 6.18. The van der Waals surface area contributed by atoms with Crippen LogP contribution in [0.3, 0.4) is 0 Å². The van der Waals surface area contributed by atoms with Crippen molar-refractivity contribution in [1.29, 1.82) is 0 Å². The van der Waals surface area contributed by atoms with Gasteiger partial charge in [-0.2, -0.15) is 0 Å². The first kappa shape index (κ1) is 27.2. The molecule has 0 fully saturated rings. The molecule has 1 N–H and O–H groups in total. The van der Waals surface area contributed by atoms with Crippen molar-refractivity contribution in [1.82, 2.24) is 4.98 Å². The van der Waals surface area contributed by atoms with E-state index in [-0.39, 0.29) is 0 Å². The van der Waals surface area contributed by atoms with Crippen molar-refractivity contribution >= 4 is 43.2 Å². The van der Waals surface area contributed by atoms with Crippen LogP contribution in [0, 0.1) is 0 Å². The fourth-order valence-electron chi connectivity index (χ4n) is 3.78. The Kier molecular flexibility index (Phi) is 11.6. The molecule has 1 heterocycles. The van der Waals surface area contributed by atoms with Gasteiger partial charge in [0.15, 0.2) is 0 Å². The quantitative estimate of drug-likeness (QED) is 0.201. The van der Waals surface area contributed by atoms with Crippen LogP contribution in [0.5, 0.6) is 0 Å². The van der Waals surface area contributed by atoms with Gasteiger partial charge in [0.25, 0.3) is 0 Å². The maximum Gasteiger partial charge on any atom is 0.0462 e. The Morgan fingerprint density at radius 2 is 1.03 bits per heavy atom. The Bertz CT molecular complexity index is 1230. The molecule has 4 aromatic carbocycles. The Morgan fingerprint density at radius 1 is 0.500 bits per heavy atom. The molecule has 0 unspecified atom stereocenters. The highest BCUT2D eigenvalue weighted by Crippen LogP contribution is 2.34. The van der Waals surface area contributed by atoms with E-state index in [2.05, 4.69) is 85.6 Å². The second kappa shape index (κ2) is 13.6. The summed E-state index contributed by atoms with van der Waals surface area (Å²) in [5.41, 5.74) is 2.53. The van der Waals surface area contributed by atoms with Gasteiger partial charge in [-0.05, 0) is 62.5 Å². The van der Waals surface area contributed by atoms with Gasteiger partial charge >= 0.3 is 0 Å². The van der Waals surface area contributed by atoms with E-state index in [1.165, 1.54) is 48.9 Å². The molecular weight excluding hydrogens is 386 g/mol. The van der Waals surface area contributed by atoms with Gasteiger partial charge in [0.2, 0.25) is 0 Å². The second-order valence-corrected chi connectivity index (χ2v) is 6.99. The van der Waals surface area contributed by atoms with Crippen molar-refractivity contribution in [2.75, 3.05) is 0 Å². The third-order valence-electron chi connectivity index (χ3n) is 5.13. The second-order valence-electron chi connectivity index (χ2n) is 6.99. The maximum absolute atomic E-state index is 3.56. The molecule has 0 aliphatic rings. The number of rotatable bonds is 1.